The largest absolute Gasteiger partial charge is 0.439 e. The number of benzene rings is 2. The lowest BCUT2D eigenvalue weighted by molar-refractivity contribution is 0.465. The van der Waals surface area contributed by atoms with Crippen molar-refractivity contribution >= 4 is 16.6 Å². The minimum Gasteiger partial charge on any atom is -0.439 e. The maximum atomic E-state index is 5.95. The molecule has 3 aromatic rings. The van der Waals surface area contributed by atoms with Crippen LogP contribution in [-0.4, -0.2) is 11.0 Å². The van der Waals surface area contributed by atoms with Crippen LogP contribution in [0.5, 0.6) is 11.6 Å². The third-order valence-electron chi connectivity index (χ3n) is 5.02. The average molecular weight is 347 g/mol. The summed E-state index contributed by atoms with van der Waals surface area (Å²) in [4.78, 5) is 4.60. The first-order valence-electron chi connectivity index (χ1n) is 9.38. The number of aromatic nitrogens is 1. The number of nitrogens with zero attached hydrogens (tertiary/aromatic N) is 1. The Kier molecular flexibility index (Phi) is 4.76. The molecule has 1 aliphatic rings. The van der Waals surface area contributed by atoms with Crippen molar-refractivity contribution in [3.63, 3.8) is 0 Å². The highest BCUT2D eigenvalue weighted by Gasteiger charge is 2.14. The van der Waals surface area contributed by atoms with Crippen LogP contribution in [0.15, 0.2) is 54.6 Å². The predicted octanol–water partition coefficient (Wildman–Crippen LogP) is 5.40. The first-order valence-corrected chi connectivity index (χ1v) is 9.38. The Labute approximate surface area is 154 Å². The van der Waals surface area contributed by atoms with Gasteiger partial charge in [0, 0.05) is 29.2 Å². The number of fused-ring (bicyclic) bond motifs is 1. The zero-order chi connectivity index (χ0) is 17.9. The number of nitrogens with two attached hydrogens (primary N) is 1. The summed E-state index contributed by atoms with van der Waals surface area (Å²) in [6.07, 6.45) is 5.20. The van der Waals surface area contributed by atoms with Gasteiger partial charge in [-0.05, 0) is 67.8 Å². The third-order valence-corrected chi connectivity index (χ3v) is 5.02. The zero-order valence-electron chi connectivity index (χ0n) is 15.1. The Balaban J connectivity index is 1.46. The Morgan fingerprint density at radius 1 is 1.04 bits per heavy atom. The van der Waals surface area contributed by atoms with E-state index in [2.05, 4.69) is 28.5 Å². The molecule has 2 aromatic carbocycles. The number of nitrogens with one attached hydrogen (secondary N) is 1. The van der Waals surface area contributed by atoms with Crippen molar-refractivity contribution in [2.45, 2.75) is 44.7 Å². The van der Waals surface area contributed by atoms with Gasteiger partial charge in [0.25, 0.3) is 0 Å². The highest BCUT2D eigenvalue weighted by atomic mass is 16.5. The molecule has 3 N–H and O–H groups in total. The van der Waals surface area contributed by atoms with Gasteiger partial charge < -0.3 is 15.8 Å². The van der Waals surface area contributed by atoms with Crippen LogP contribution in [0, 0.1) is 0 Å². The molecule has 1 aromatic heterocycles. The van der Waals surface area contributed by atoms with Crippen molar-refractivity contribution in [2.75, 3.05) is 5.32 Å². The maximum absolute atomic E-state index is 5.95. The van der Waals surface area contributed by atoms with Gasteiger partial charge >= 0.3 is 0 Å². The fourth-order valence-corrected chi connectivity index (χ4v) is 3.51. The van der Waals surface area contributed by atoms with Crippen molar-refractivity contribution in [3.05, 3.63) is 60.2 Å². The monoisotopic (exact) mass is 347 g/mol. The summed E-state index contributed by atoms with van der Waals surface area (Å²) in [7, 11) is 0. The lowest BCUT2D eigenvalue weighted by Crippen LogP contribution is -2.14. The SMILES string of the molecule is CC(N)c1ccc2nc(Oc3ccc(NC4CCCC4)cc3)ccc2c1. The number of anilines is 1. The summed E-state index contributed by atoms with van der Waals surface area (Å²) in [5.74, 6) is 1.39. The fraction of sp³-hybridized carbons (Fsp3) is 0.318. The molecule has 134 valence electrons. The molecule has 1 aliphatic carbocycles. The lowest BCUT2D eigenvalue weighted by atomic mass is 10.1. The molecule has 1 atom stereocenters. The van der Waals surface area contributed by atoms with E-state index in [-0.39, 0.29) is 6.04 Å². The topological polar surface area (TPSA) is 60.2 Å². The number of pyridine rings is 1. The fourth-order valence-electron chi connectivity index (χ4n) is 3.51. The van der Waals surface area contributed by atoms with Gasteiger partial charge in [-0.1, -0.05) is 18.9 Å². The molecule has 0 saturated heterocycles. The summed E-state index contributed by atoms with van der Waals surface area (Å²) >= 11 is 0. The van der Waals surface area contributed by atoms with Gasteiger partial charge in [-0.15, -0.1) is 0 Å². The maximum Gasteiger partial charge on any atom is 0.219 e. The van der Waals surface area contributed by atoms with E-state index in [1.807, 2.05) is 43.3 Å². The molecular formula is C22H25N3O. The highest BCUT2D eigenvalue weighted by Crippen LogP contribution is 2.27. The van der Waals surface area contributed by atoms with Crippen LogP contribution in [0.4, 0.5) is 5.69 Å². The smallest absolute Gasteiger partial charge is 0.219 e. The molecule has 4 nitrogen and oxygen atoms in total. The number of hydrogen-bond acceptors (Lipinski definition) is 4. The van der Waals surface area contributed by atoms with Gasteiger partial charge in [-0.25, -0.2) is 4.98 Å². The van der Waals surface area contributed by atoms with E-state index >= 15 is 0 Å². The van der Waals surface area contributed by atoms with E-state index in [0.29, 0.717) is 11.9 Å². The van der Waals surface area contributed by atoms with Gasteiger partial charge in [0.2, 0.25) is 5.88 Å². The van der Waals surface area contributed by atoms with Gasteiger partial charge in [0.15, 0.2) is 0 Å². The van der Waals surface area contributed by atoms with Gasteiger partial charge in [-0.2, -0.15) is 0 Å². The number of ether oxygens (including phenoxy) is 1. The van der Waals surface area contributed by atoms with E-state index < -0.39 is 0 Å². The second-order valence-corrected chi connectivity index (χ2v) is 7.14. The average Bonchev–Trinajstić information content (AvgIpc) is 3.16. The minimum atomic E-state index is 0.0201. The quantitative estimate of drug-likeness (QED) is 0.648. The van der Waals surface area contributed by atoms with Crippen LogP contribution >= 0.6 is 0 Å². The Morgan fingerprint density at radius 2 is 1.81 bits per heavy atom. The van der Waals surface area contributed by atoms with Crippen LogP contribution in [0.2, 0.25) is 0 Å². The molecule has 4 heteroatoms. The Hall–Kier alpha value is -2.59. The molecule has 1 heterocycles. The summed E-state index contributed by atoms with van der Waals surface area (Å²) in [5.41, 5.74) is 9.12. The first kappa shape index (κ1) is 16.9. The number of hydrogen-bond donors (Lipinski definition) is 2. The molecule has 1 saturated carbocycles. The summed E-state index contributed by atoms with van der Waals surface area (Å²) in [6.45, 7) is 1.98. The van der Waals surface area contributed by atoms with Crippen molar-refractivity contribution < 1.29 is 4.74 Å². The molecule has 4 rings (SSSR count). The van der Waals surface area contributed by atoms with Crippen molar-refractivity contribution in [1.82, 2.24) is 4.98 Å². The van der Waals surface area contributed by atoms with Crippen LogP contribution in [-0.2, 0) is 0 Å². The summed E-state index contributed by atoms with van der Waals surface area (Å²) < 4.78 is 5.93. The first-order chi connectivity index (χ1) is 12.7. The summed E-state index contributed by atoms with van der Waals surface area (Å²) in [6, 6.07) is 18.8. The van der Waals surface area contributed by atoms with Gasteiger partial charge in [-0.3, -0.25) is 0 Å². The predicted molar refractivity (Wildman–Crippen MR) is 107 cm³/mol. The highest BCUT2D eigenvalue weighted by molar-refractivity contribution is 5.80. The Bertz CT molecular complexity index is 884. The summed E-state index contributed by atoms with van der Waals surface area (Å²) in [5, 5.41) is 4.66. The molecule has 0 amide bonds. The standard InChI is InChI=1S/C22H25N3O/c1-15(23)16-6-12-21-17(14-16)7-13-22(25-21)26-20-10-8-19(9-11-20)24-18-4-2-3-5-18/h6-15,18,24H,2-5,23H2,1H3. The minimum absolute atomic E-state index is 0.0201. The van der Waals surface area contributed by atoms with Gasteiger partial charge in [0.1, 0.15) is 5.75 Å². The molecule has 0 aliphatic heterocycles. The zero-order valence-corrected chi connectivity index (χ0v) is 15.1. The third kappa shape index (κ3) is 3.81. The second-order valence-electron chi connectivity index (χ2n) is 7.14. The van der Waals surface area contributed by atoms with Crippen molar-refractivity contribution in [2.24, 2.45) is 5.73 Å². The van der Waals surface area contributed by atoms with Crippen LogP contribution in [0.25, 0.3) is 10.9 Å². The molecule has 26 heavy (non-hydrogen) atoms. The molecule has 1 fully saturated rings. The van der Waals surface area contributed by atoms with E-state index in [1.165, 1.54) is 25.7 Å². The normalized spacial score (nSPS) is 15.9. The molecule has 0 spiro atoms. The molecule has 1 unspecified atom stereocenters. The van der Waals surface area contributed by atoms with E-state index in [9.17, 15) is 0 Å². The van der Waals surface area contributed by atoms with Crippen molar-refractivity contribution in [1.29, 1.82) is 0 Å². The molecule has 0 bridgehead atoms. The van der Waals surface area contributed by atoms with Crippen molar-refractivity contribution in [3.8, 4) is 11.6 Å². The van der Waals surface area contributed by atoms with Crippen LogP contribution in [0.1, 0.15) is 44.2 Å². The number of rotatable bonds is 5. The molecule has 0 radical (unpaired) electrons. The molecular weight excluding hydrogens is 322 g/mol. The van der Waals surface area contributed by atoms with E-state index in [4.69, 9.17) is 10.5 Å². The van der Waals surface area contributed by atoms with Crippen LogP contribution in [0.3, 0.4) is 0 Å². The second kappa shape index (κ2) is 7.34. The van der Waals surface area contributed by atoms with E-state index in [0.717, 1.165) is 27.9 Å². The Morgan fingerprint density at radius 3 is 2.54 bits per heavy atom. The lowest BCUT2D eigenvalue weighted by Gasteiger charge is -2.14. The van der Waals surface area contributed by atoms with Gasteiger partial charge in [0.05, 0.1) is 5.52 Å². The van der Waals surface area contributed by atoms with E-state index in [1.54, 1.807) is 0 Å². The van der Waals surface area contributed by atoms with Crippen LogP contribution < -0.4 is 15.8 Å².